The summed E-state index contributed by atoms with van der Waals surface area (Å²) in [5, 5.41) is 11.8. The van der Waals surface area contributed by atoms with Crippen LogP contribution in [0.15, 0.2) is 12.1 Å². The summed E-state index contributed by atoms with van der Waals surface area (Å²) in [4.78, 5) is 11.0. The monoisotopic (exact) mass is 269 g/mol. The highest BCUT2D eigenvalue weighted by molar-refractivity contribution is 5.70. The van der Waals surface area contributed by atoms with E-state index in [1.165, 1.54) is 12.1 Å². The first-order valence-electron chi connectivity index (χ1n) is 6.43. The van der Waals surface area contributed by atoms with Crippen molar-refractivity contribution in [2.75, 3.05) is 5.32 Å². The van der Waals surface area contributed by atoms with Crippen molar-refractivity contribution < 1.29 is 18.7 Å². The third-order valence-corrected chi connectivity index (χ3v) is 3.66. The molecule has 0 aromatic heterocycles. The number of carboxylic acids is 1. The third kappa shape index (κ3) is 3.03. The van der Waals surface area contributed by atoms with Gasteiger partial charge in [0.05, 0.1) is 5.92 Å². The van der Waals surface area contributed by atoms with Gasteiger partial charge in [0.15, 0.2) is 5.82 Å². The Bertz CT molecular complexity index is 491. The van der Waals surface area contributed by atoms with Gasteiger partial charge in [0.25, 0.3) is 0 Å². The van der Waals surface area contributed by atoms with E-state index in [0.29, 0.717) is 18.4 Å². The molecule has 1 aromatic rings. The normalized spacial score (nSPS) is 23.1. The van der Waals surface area contributed by atoms with E-state index in [-0.39, 0.29) is 11.7 Å². The van der Waals surface area contributed by atoms with E-state index in [1.807, 2.05) is 0 Å². The minimum absolute atomic E-state index is 0.143. The van der Waals surface area contributed by atoms with Gasteiger partial charge in [-0.2, -0.15) is 0 Å². The summed E-state index contributed by atoms with van der Waals surface area (Å²) in [6.07, 6.45) is 2.52. The highest BCUT2D eigenvalue weighted by atomic mass is 19.1. The molecular formula is C14H17F2NO2. The number of carbonyl (C=O) groups is 1. The Morgan fingerprint density at radius 2 is 2.11 bits per heavy atom. The molecule has 0 amide bonds. The molecule has 2 unspecified atom stereocenters. The van der Waals surface area contributed by atoms with Gasteiger partial charge in [0.1, 0.15) is 11.5 Å². The molecule has 1 fully saturated rings. The minimum atomic E-state index is -0.836. The summed E-state index contributed by atoms with van der Waals surface area (Å²) in [6, 6.07) is 2.41. The fourth-order valence-electron chi connectivity index (χ4n) is 2.54. The van der Waals surface area contributed by atoms with E-state index < -0.39 is 23.5 Å². The molecule has 0 bridgehead atoms. The zero-order valence-corrected chi connectivity index (χ0v) is 10.7. The van der Waals surface area contributed by atoms with Crippen LogP contribution in [0.3, 0.4) is 0 Å². The Morgan fingerprint density at radius 1 is 1.37 bits per heavy atom. The van der Waals surface area contributed by atoms with Crippen LogP contribution in [0.5, 0.6) is 0 Å². The Morgan fingerprint density at radius 3 is 2.79 bits per heavy atom. The second-order valence-corrected chi connectivity index (χ2v) is 5.10. The molecule has 2 N–H and O–H groups in total. The van der Waals surface area contributed by atoms with Gasteiger partial charge in [-0.25, -0.2) is 8.78 Å². The van der Waals surface area contributed by atoms with Gasteiger partial charge in [-0.05, 0) is 37.8 Å². The lowest BCUT2D eigenvalue weighted by Crippen LogP contribution is -2.31. The molecule has 1 aromatic carbocycles. The van der Waals surface area contributed by atoms with Crippen LogP contribution < -0.4 is 5.32 Å². The number of benzene rings is 1. The van der Waals surface area contributed by atoms with Crippen LogP contribution in [0.4, 0.5) is 14.5 Å². The summed E-state index contributed by atoms with van der Waals surface area (Å²) in [5.74, 6) is -2.50. The first-order valence-corrected chi connectivity index (χ1v) is 6.43. The van der Waals surface area contributed by atoms with Gasteiger partial charge in [0.2, 0.25) is 0 Å². The third-order valence-electron chi connectivity index (χ3n) is 3.66. The Kier molecular flexibility index (Phi) is 4.02. The lowest BCUT2D eigenvalue weighted by atomic mass is 9.85. The van der Waals surface area contributed by atoms with E-state index in [4.69, 9.17) is 5.11 Å². The van der Waals surface area contributed by atoms with Crippen molar-refractivity contribution in [2.45, 2.75) is 38.6 Å². The number of halogens is 2. The lowest BCUT2D eigenvalue weighted by molar-refractivity contribution is -0.142. The minimum Gasteiger partial charge on any atom is -0.481 e. The first-order chi connectivity index (χ1) is 8.99. The van der Waals surface area contributed by atoms with Crippen LogP contribution in [0, 0.1) is 24.5 Å². The Hall–Kier alpha value is -1.65. The number of hydrogen-bond acceptors (Lipinski definition) is 2. The van der Waals surface area contributed by atoms with Gasteiger partial charge < -0.3 is 10.4 Å². The number of aryl methyl sites for hydroxylation is 1. The number of hydrogen-bond donors (Lipinski definition) is 2. The standard InChI is InChI=1S/C14H17F2NO2/c1-8-5-6-11(15)13(12(8)16)17-10-4-2-3-9(7-10)14(18)19/h5-6,9-10,17H,2-4,7H2,1H3,(H,18,19). The molecule has 5 heteroatoms. The number of anilines is 1. The second-order valence-electron chi connectivity index (χ2n) is 5.10. The van der Waals surface area contributed by atoms with E-state index in [9.17, 15) is 13.6 Å². The second kappa shape index (κ2) is 5.55. The number of carboxylic acid groups (broad SMARTS) is 1. The largest absolute Gasteiger partial charge is 0.481 e. The highest BCUT2D eigenvalue weighted by Crippen LogP contribution is 2.29. The quantitative estimate of drug-likeness (QED) is 0.885. The topological polar surface area (TPSA) is 49.3 Å². The molecule has 3 nitrogen and oxygen atoms in total. The van der Waals surface area contributed by atoms with Crippen LogP contribution in [0.1, 0.15) is 31.2 Å². The smallest absolute Gasteiger partial charge is 0.306 e. The molecule has 1 aliphatic carbocycles. The van der Waals surface area contributed by atoms with Crippen molar-refractivity contribution >= 4 is 11.7 Å². The van der Waals surface area contributed by atoms with Crippen LogP contribution in [0.2, 0.25) is 0 Å². The van der Waals surface area contributed by atoms with E-state index in [2.05, 4.69) is 5.32 Å². The Labute approximate surface area is 110 Å². The lowest BCUT2D eigenvalue weighted by Gasteiger charge is -2.28. The number of aliphatic carboxylic acids is 1. The van der Waals surface area contributed by atoms with Crippen LogP contribution in [0.25, 0.3) is 0 Å². The summed E-state index contributed by atoms with van der Waals surface area (Å²) in [5.41, 5.74) is 0.227. The number of nitrogens with one attached hydrogen (secondary N) is 1. The summed E-state index contributed by atoms with van der Waals surface area (Å²) >= 11 is 0. The zero-order chi connectivity index (χ0) is 14.0. The maximum atomic E-state index is 13.9. The van der Waals surface area contributed by atoms with Crippen LogP contribution in [-0.2, 0) is 4.79 Å². The summed E-state index contributed by atoms with van der Waals surface area (Å²) < 4.78 is 27.5. The summed E-state index contributed by atoms with van der Waals surface area (Å²) in [6.45, 7) is 1.57. The predicted octanol–water partition coefficient (Wildman–Crippen LogP) is 3.33. The molecule has 0 saturated heterocycles. The van der Waals surface area contributed by atoms with E-state index in [1.54, 1.807) is 6.92 Å². The molecule has 0 spiro atoms. The molecular weight excluding hydrogens is 252 g/mol. The van der Waals surface area contributed by atoms with Gasteiger partial charge in [-0.1, -0.05) is 12.5 Å². The van der Waals surface area contributed by atoms with Crippen molar-refractivity contribution in [1.82, 2.24) is 0 Å². The molecule has 0 aliphatic heterocycles. The van der Waals surface area contributed by atoms with Gasteiger partial charge in [-0.3, -0.25) is 4.79 Å². The van der Waals surface area contributed by atoms with Crippen LogP contribution in [-0.4, -0.2) is 17.1 Å². The maximum Gasteiger partial charge on any atom is 0.306 e. The number of rotatable bonds is 3. The van der Waals surface area contributed by atoms with Crippen LogP contribution >= 0.6 is 0 Å². The molecule has 1 aliphatic rings. The van der Waals surface area contributed by atoms with Crippen molar-refractivity contribution in [3.8, 4) is 0 Å². The fourth-order valence-corrected chi connectivity index (χ4v) is 2.54. The zero-order valence-electron chi connectivity index (χ0n) is 10.7. The molecule has 104 valence electrons. The highest BCUT2D eigenvalue weighted by Gasteiger charge is 2.28. The van der Waals surface area contributed by atoms with Crippen molar-refractivity contribution in [2.24, 2.45) is 5.92 Å². The van der Waals surface area contributed by atoms with E-state index >= 15 is 0 Å². The van der Waals surface area contributed by atoms with Gasteiger partial charge >= 0.3 is 5.97 Å². The fraction of sp³-hybridized carbons (Fsp3) is 0.500. The average molecular weight is 269 g/mol. The first kappa shape index (κ1) is 13.8. The molecule has 2 atom stereocenters. The molecule has 2 rings (SSSR count). The molecule has 19 heavy (non-hydrogen) atoms. The predicted molar refractivity (Wildman–Crippen MR) is 68.1 cm³/mol. The molecule has 0 radical (unpaired) electrons. The average Bonchev–Trinajstić information content (AvgIpc) is 2.39. The Balaban J connectivity index is 2.13. The van der Waals surface area contributed by atoms with Gasteiger partial charge in [-0.15, -0.1) is 0 Å². The summed E-state index contributed by atoms with van der Waals surface area (Å²) in [7, 11) is 0. The molecule has 1 saturated carbocycles. The van der Waals surface area contributed by atoms with E-state index in [0.717, 1.165) is 12.8 Å². The molecule has 0 heterocycles. The van der Waals surface area contributed by atoms with Gasteiger partial charge in [0, 0.05) is 6.04 Å². The van der Waals surface area contributed by atoms with Crippen molar-refractivity contribution in [3.63, 3.8) is 0 Å². The maximum absolute atomic E-state index is 13.9. The van der Waals surface area contributed by atoms with Crippen molar-refractivity contribution in [3.05, 3.63) is 29.3 Å². The SMILES string of the molecule is Cc1ccc(F)c(NC2CCCC(C(=O)O)C2)c1F. The van der Waals surface area contributed by atoms with Crippen molar-refractivity contribution in [1.29, 1.82) is 0 Å².